The van der Waals surface area contributed by atoms with Crippen molar-refractivity contribution in [3.63, 3.8) is 0 Å². The Morgan fingerprint density at radius 3 is 2.34 bits per heavy atom. The third-order valence-corrected chi connectivity index (χ3v) is 8.38. The lowest BCUT2D eigenvalue weighted by Crippen LogP contribution is -2.57. The summed E-state index contributed by atoms with van der Waals surface area (Å²) in [6.07, 6.45) is 5.23. The molecule has 1 fully saturated rings. The van der Waals surface area contributed by atoms with Gasteiger partial charge in [-0.2, -0.15) is 0 Å². The van der Waals surface area contributed by atoms with Gasteiger partial charge in [0.1, 0.15) is 6.04 Å². The largest absolute Gasteiger partial charge is 0.370 e. The van der Waals surface area contributed by atoms with Crippen LogP contribution in [0.15, 0.2) is 97.2 Å². The van der Waals surface area contributed by atoms with Gasteiger partial charge in [0.25, 0.3) is 0 Å². The van der Waals surface area contributed by atoms with Gasteiger partial charge in [-0.05, 0) is 54.5 Å². The molecule has 228 valence electrons. The first-order valence-corrected chi connectivity index (χ1v) is 15.5. The number of carbonyl (C=O) groups is 3. The molecule has 1 saturated heterocycles. The van der Waals surface area contributed by atoms with Crippen molar-refractivity contribution >= 4 is 28.6 Å². The van der Waals surface area contributed by atoms with Crippen molar-refractivity contribution in [1.82, 2.24) is 20.5 Å². The number of nitrogens with one attached hydrogen (secondary N) is 2. The number of piperidine rings is 1. The number of amides is 3. The molecule has 0 unspecified atom stereocenters. The number of hydrogen-bond donors (Lipinski definition) is 3. The summed E-state index contributed by atoms with van der Waals surface area (Å²) in [5.74, 6) is -0.759. The van der Waals surface area contributed by atoms with E-state index in [1.165, 1.54) is 11.1 Å². The minimum absolute atomic E-state index is 0.0321. The molecule has 2 heterocycles. The molecular weight excluding hydrogens is 550 g/mol. The second-order valence-corrected chi connectivity index (χ2v) is 11.6. The number of rotatable bonds is 13. The van der Waals surface area contributed by atoms with Crippen LogP contribution in [-0.2, 0) is 33.8 Å². The molecule has 3 aromatic carbocycles. The van der Waals surface area contributed by atoms with Crippen LogP contribution in [0.25, 0.3) is 10.9 Å². The first-order valence-electron chi connectivity index (χ1n) is 15.5. The van der Waals surface area contributed by atoms with Gasteiger partial charge in [0.2, 0.25) is 17.7 Å². The standard InChI is InChI=1S/C36H41N5O3/c37-34(42)16-9-17-35(43)40-33(23-27-12-5-2-6-13-27)36(44)41-21-19-29(24-30(41)22-26-10-3-1-4-11-26)39-25-28-18-20-38-32-15-8-7-14-31(28)32/h1-8,10-15,18,20,29-30,33,39H,9,16-17,19,21-25H2,(H2,37,42)(H,40,43)/t29-,30+,33+/m0/s1. The Morgan fingerprint density at radius 2 is 1.59 bits per heavy atom. The van der Waals surface area contributed by atoms with Gasteiger partial charge >= 0.3 is 0 Å². The fraction of sp³-hybridized carbons (Fsp3) is 0.333. The number of likely N-dealkylation sites (tertiary alicyclic amines) is 1. The SMILES string of the molecule is NC(=O)CCCC(=O)N[C@H](Cc1ccccc1)C(=O)N1CC[C@H](NCc2ccnc3ccccc23)C[C@H]1Cc1ccccc1. The quantitative estimate of drug-likeness (QED) is 0.214. The number of primary amides is 1. The highest BCUT2D eigenvalue weighted by Gasteiger charge is 2.35. The summed E-state index contributed by atoms with van der Waals surface area (Å²) in [5.41, 5.74) is 9.59. The van der Waals surface area contributed by atoms with E-state index in [9.17, 15) is 14.4 Å². The Bertz CT molecular complexity index is 1540. The number of pyridine rings is 1. The molecule has 4 N–H and O–H groups in total. The number of nitrogens with zero attached hydrogens (tertiary/aromatic N) is 2. The number of para-hydroxylation sites is 1. The van der Waals surface area contributed by atoms with Crippen LogP contribution in [0.2, 0.25) is 0 Å². The summed E-state index contributed by atoms with van der Waals surface area (Å²) in [6.45, 7) is 1.31. The second kappa shape index (κ2) is 15.3. The Labute approximate surface area is 259 Å². The van der Waals surface area contributed by atoms with E-state index in [1.807, 2.05) is 77.8 Å². The summed E-state index contributed by atoms with van der Waals surface area (Å²) in [6, 6.07) is 29.7. The van der Waals surface area contributed by atoms with Crippen molar-refractivity contribution in [2.75, 3.05) is 6.54 Å². The summed E-state index contributed by atoms with van der Waals surface area (Å²) in [7, 11) is 0. The Hall–Kier alpha value is -4.56. The van der Waals surface area contributed by atoms with E-state index in [0.29, 0.717) is 19.4 Å². The molecule has 8 nitrogen and oxygen atoms in total. The maximum absolute atomic E-state index is 14.3. The van der Waals surface area contributed by atoms with Crippen LogP contribution in [0.5, 0.6) is 0 Å². The lowest BCUT2D eigenvalue weighted by molar-refractivity contribution is -0.140. The monoisotopic (exact) mass is 591 g/mol. The average Bonchev–Trinajstić information content (AvgIpc) is 3.04. The normalized spacial score (nSPS) is 17.2. The molecule has 4 aromatic rings. The molecule has 1 aliphatic rings. The summed E-state index contributed by atoms with van der Waals surface area (Å²) in [4.78, 5) is 44.8. The minimum Gasteiger partial charge on any atom is -0.370 e. The van der Waals surface area contributed by atoms with Crippen LogP contribution >= 0.6 is 0 Å². The lowest BCUT2D eigenvalue weighted by Gasteiger charge is -2.41. The van der Waals surface area contributed by atoms with Crippen molar-refractivity contribution in [1.29, 1.82) is 0 Å². The number of aromatic nitrogens is 1. The number of carbonyl (C=O) groups excluding carboxylic acids is 3. The van der Waals surface area contributed by atoms with E-state index in [0.717, 1.165) is 42.3 Å². The predicted octanol–water partition coefficient (Wildman–Crippen LogP) is 4.31. The van der Waals surface area contributed by atoms with Gasteiger partial charge in [0.05, 0.1) is 5.52 Å². The number of fused-ring (bicyclic) bond motifs is 1. The molecule has 0 saturated carbocycles. The fourth-order valence-electron chi connectivity index (χ4n) is 6.11. The summed E-state index contributed by atoms with van der Waals surface area (Å²) < 4.78 is 0. The van der Waals surface area contributed by atoms with Gasteiger partial charge in [-0.3, -0.25) is 19.4 Å². The number of nitrogens with two attached hydrogens (primary N) is 1. The molecule has 8 heteroatoms. The maximum Gasteiger partial charge on any atom is 0.245 e. The average molecular weight is 592 g/mol. The van der Waals surface area contributed by atoms with Crippen molar-refractivity contribution in [3.8, 4) is 0 Å². The zero-order chi connectivity index (χ0) is 30.7. The third-order valence-electron chi connectivity index (χ3n) is 8.38. The van der Waals surface area contributed by atoms with Crippen molar-refractivity contribution < 1.29 is 14.4 Å². The molecule has 3 amide bonds. The summed E-state index contributed by atoms with van der Waals surface area (Å²) >= 11 is 0. The molecular formula is C36H41N5O3. The lowest BCUT2D eigenvalue weighted by atomic mass is 9.90. The van der Waals surface area contributed by atoms with Crippen LogP contribution in [0.1, 0.15) is 48.8 Å². The van der Waals surface area contributed by atoms with Crippen LogP contribution in [-0.4, -0.2) is 52.3 Å². The minimum atomic E-state index is -0.704. The highest BCUT2D eigenvalue weighted by molar-refractivity contribution is 5.88. The number of hydrogen-bond acceptors (Lipinski definition) is 5. The molecule has 3 atom stereocenters. The molecule has 5 rings (SSSR count). The highest BCUT2D eigenvalue weighted by Crippen LogP contribution is 2.24. The molecule has 0 radical (unpaired) electrons. The first-order chi connectivity index (χ1) is 21.5. The van der Waals surface area contributed by atoms with Gasteiger partial charge < -0.3 is 21.3 Å². The van der Waals surface area contributed by atoms with Crippen LogP contribution in [0.4, 0.5) is 0 Å². The van der Waals surface area contributed by atoms with Gasteiger partial charge in [-0.15, -0.1) is 0 Å². The Morgan fingerprint density at radius 1 is 0.886 bits per heavy atom. The van der Waals surface area contributed by atoms with E-state index in [4.69, 9.17) is 5.73 Å². The van der Waals surface area contributed by atoms with Crippen LogP contribution in [0.3, 0.4) is 0 Å². The fourth-order valence-corrected chi connectivity index (χ4v) is 6.11. The molecule has 0 spiro atoms. The smallest absolute Gasteiger partial charge is 0.245 e. The van der Waals surface area contributed by atoms with Crippen molar-refractivity contribution in [3.05, 3.63) is 114 Å². The van der Waals surface area contributed by atoms with Gasteiger partial charge in [-0.25, -0.2) is 0 Å². The molecule has 0 aliphatic carbocycles. The Balaban J connectivity index is 1.32. The van der Waals surface area contributed by atoms with Gasteiger partial charge in [0.15, 0.2) is 0 Å². The topological polar surface area (TPSA) is 117 Å². The maximum atomic E-state index is 14.3. The molecule has 0 bridgehead atoms. The molecule has 1 aliphatic heterocycles. The van der Waals surface area contributed by atoms with Gasteiger partial charge in [0, 0.05) is 56.0 Å². The molecule has 1 aromatic heterocycles. The zero-order valence-electron chi connectivity index (χ0n) is 25.0. The highest BCUT2D eigenvalue weighted by atomic mass is 16.2. The zero-order valence-corrected chi connectivity index (χ0v) is 25.0. The summed E-state index contributed by atoms with van der Waals surface area (Å²) in [5, 5.41) is 7.90. The van der Waals surface area contributed by atoms with Crippen molar-refractivity contribution in [2.45, 2.75) is 69.6 Å². The van der Waals surface area contributed by atoms with Crippen LogP contribution < -0.4 is 16.4 Å². The van der Waals surface area contributed by atoms with E-state index >= 15 is 0 Å². The third kappa shape index (κ3) is 8.51. The molecule has 44 heavy (non-hydrogen) atoms. The van der Waals surface area contributed by atoms with E-state index in [-0.39, 0.29) is 36.7 Å². The van der Waals surface area contributed by atoms with Crippen LogP contribution in [0, 0.1) is 0 Å². The van der Waals surface area contributed by atoms with E-state index in [1.54, 1.807) is 0 Å². The van der Waals surface area contributed by atoms with E-state index < -0.39 is 11.9 Å². The Kier molecular flexibility index (Phi) is 10.7. The van der Waals surface area contributed by atoms with Crippen molar-refractivity contribution in [2.24, 2.45) is 5.73 Å². The predicted molar refractivity (Wildman–Crippen MR) is 172 cm³/mol. The van der Waals surface area contributed by atoms with E-state index in [2.05, 4.69) is 39.9 Å². The first kappa shape index (κ1) is 30.9. The second-order valence-electron chi connectivity index (χ2n) is 11.6. The number of benzene rings is 3. The van der Waals surface area contributed by atoms with Gasteiger partial charge in [-0.1, -0.05) is 78.9 Å².